The van der Waals surface area contributed by atoms with E-state index in [1.54, 1.807) is 0 Å². The first-order chi connectivity index (χ1) is 18.0. The van der Waals surface area contributed by atoms with Crippen LogP contribution < -0.4 is 15.4 Å². The summed E-state index contributed by atoms with van der Waals surface area (Å²) >= 11 is 0. The number of carbonyl (C=O) groups is 2. The number of hydrogen-bond donors (Lipinski definition) is 2. The van der Waals surface area contributed by atoms with Crippen LogP contribution in [0.2, 0.25) is 0 Å². The Balaban J connectivity index is 1.48. The summed E-state index contributed by atoms with van der Waals surface area (Å²) in [4.78, 5) is 30.4. The molecule has 8 nitrogen and oxygen atoms in total. The molecule has 1 aromatic carbocycles. The van der Waals surface area contributed by atoms with E-state index in [4.69, 9.17) is 4.74 Å². The molecule has 38 heavy (non-hydrogen) atoms. The van der Waals surface area contributed by atoms with Crippen LogP contribution in [0.5, 0.6) is 5.88 Å². The Bertz CT molecular complexity index is 1250. The number of rotatable bonds is 11. The number of nitrogens with one attached hydrogen (secondary N) is 2. The number of benzene rings is 1. The van der Waals surface area contributed by atoms with Crippen LogP contribution in [-0.4, -0.2) is 50.7 Å². The maximum atomic E-state index is 13.4. The summed E-state index contributed by atoms with van der Waals surface area (Å²) < 4.78 is 29.4. The Kier molecular flexibility index (Phi) is 8.75. The van der Waals surface area contributed by atoms with Gasteiger partial charge in [0.25, 0.3) is 5.91 Å². The average Bonchev–Trinajstić information content (AvgIpc) is 3.51. The molecule has 2 aromatic rings. The molecule has 2 N–H and O–H groups in total. The van der Waals surface area contributed by atoms with E-state index in [-0.39, 0.29) is 40.3 Å². The van der Waals surface area contributed by atoms with Crippen LogP contribution in [0.25, 0.3) is 0 Å². The van der Waals surface area contributed by atoms with Crippen molar-refractivity contribution in [1.82, 2.24) is 15.6 Å². The van der Waals surface area contributed by atoms with Gasteiger partial charge in [-0.1, -0.05) is 50.6 Å². The second-order valence-corrected chi connectivity index (χ2v) is 13.1. The van der Waals surface area contributed by atoms with E-state index in [0.29, 0.717) is 24.8 Å². The predicted molar refractivity (Wildman–Crippen MR) is 146 cm³/mol. The van der Waals surface area contributed by atoms with E-state index in [1.807, 2.05) is 44.2 Å². The lowest BCUT2D eigenvalue weighted by Gasteiger charge is -2.29. The summed E-state index contributed by atoms with van der Waals surface area (Å²) in [5, 5.41) is 6.18. The Morgan fingerprint density at radius 1 is 1.11 bits per heavy atom. The second-order valence-electron chi connectivity index (χ2n) is 11.2. The molecule has 2 saturated carbocycles. The first-order valence-corrected chi connectivity index (χ1v) is 15.3. The van der Waals surface area contributed by atoms with Crippen molar-refractivity contribution in [3.05, 3.63) is 53.6 Å². The third kappa shape index (κ3) is 6.92. The molecule has 0 spiro atoms. The molecule has 206 valence electrons. The van der Waals surface area contributed by atoms with Crippen LogP contribution in [0, 0.1) is 23.7 Å². The molecular formula is C29H39N3O5S. The molecular weight excluding hydrogens is 502 g/mol. The van der Waals surface area contributed by atoms with E-state index >= 15 is 0 Å². The number of carbonyl (C=O) groups excluding carboxylic acids is 2. The van der Waals surface area contributed by atoms with Gasteiger partial charge in [0.2, 0.25) is 11.8 Å². The summed E-state index contributed by atoms with van der Waals surface area (Å²) in [6.45, 7) is 4.00. The molecule has 1 aromatic heterocycles. The maximum Gasteiger partial charge on any atom is 0.251 e. The Morgan fingerprint density at radius 3 is 2.45 bits per heavy atom. The zero-order valence-electron chi connectivity index (χ0n) is 22.6. The fourth-order valence-corrected chi connectivity index (χ4v) is 6.59. The normalized spacial score (nSPS) is 22.9. The van der Waals surface area contributed by atoms with Crippen LogP contribution in [0.3, 0.4) is 0 Å². The highest BCUT2D eigenvalue weighted by atomic mass is 32.2. The molecule has 0 aliphatic heterocycles. The molecule has 9 heteroatoms. The number of aromatic nitrogens is 1. The van der Waals surface area contributed by atoms with E-state index in [2.05, 4.69) is 15.6 Å². The van der Waals surface area contributed by atoms with Crippen LogP contribution in [0.4, 0.5) is 0 Å². The molecule has 2 aliphatic carbocycles. The average molecular weight is 542 g/mol. The van der Waals surface area contributed by atoms with Gasteiger partial charge >= 0.3 is 0 Å². The molecule has 2 aliphatic rings. The van der Waals surface area contributed by atoms with Gasteiger partial charge in [0.15, 0.2) is 14.9 Å². The van der Waals surface area contributed by atoms with Gasteiger partial charge in [-0.25, -0.2) is 13.4 Å². The van der Waals surface area contributed by atoms with E-state index < -0.39 is 15.7 Å². The first-order valence-electron chi connectivity index (χ1n) is 13.4. The van der Waals surface area contributed by atoms with Crippen molar-refractivity contribution < 1.29 is 22.7 Å². The predicted octanol–water partition coefficient (Wildman–Crippen LogP) is 3.80. The Hall–Kier alpha value is -2.94. The van der Waals surface area contributed by atoms with Crippen molar-refractivity contribution in [1.29, 1.82) is 0 Å². The molecule has 0 saturated heterocycles. The molecule has 4 rings (SSSR count). The van der Waals surface area contributed by atoms with Crippen molar-refractivity contribution in [3.63, 3.8) is 0 Å². The zero-order chi connectivity index (χ0) is 27.4. The number of hydrogen-bond acceptors (Lipinski definition) is 6. The number of amides is 2. The maximum absolute atomic E-state index is 13.4. The van der Waals surface area contributed by atoms with Gasteiger partial charge in [0.1, 0.15) is 0 Å². The number of methoxy groups -OCH3 is 1. The number of fused-ring (bicyclic) bond motifs is 2. The molecule has 3 unspecified atom stereocenters. The molecule has 2 amide bonds. The number of ether oxygens (including phenoxy) is 1. The van der Waals surface area contributed by atoms with Gasteiger partial charge in [-0.3, -0.25) is 9.59 Å². The van der Waals surface area contributed by atoms with Crippen LogP contribution in [0.15, 0.2) is 47.5 Å². The largest absolute Gasteiger partial charge is 0.481 e. The highest BCUT2D eigenvalue weighted by Crippen LogP contribution is 2.44. The fraction of sp³-hybridized carbons (Fsp3) is 0.552. The van der Waals surface area contributed by atoms with Crippen molar-refractivity contribution >= 4 is 21.7 Å². The van der Waals surface area contributed by atoms with Gasteiger partial charge < -0.3 is 15.4 Å². The minimum absolute atomic E-state index is 0.0157. The number of sulfone groups is 1. The highest BCUT2D eigenvalue weighted by molar-refractivity contribution is 7.90. The topological polar surface area (TPSA) is 114 Å². The minimum Gasteiger partial charge on any atom is -0.481 e. The van der Waals surface area contributed by atoms with Gasteiger partial charge in [0, 0.05) is 35.9 Å². The standard InChI is InChI=1S/C29H39N3O5S/c1-18(12-19(2)28(33)31-25-15-21-10-11-22(25)13-21)24(14-20-8-6-5-7-9-20)30-29(34)23-16-26(37-3)32-27(17-23)38(4,35)36/h5-9,16-19,21-22,24-25H,10-15H2,1-4H3,(H,30,34)(H,31,33)/t18-,19+,21?,22?,24-,25?/m0/s1. The molecule has 1 heterocycles. The summed E-state index contributed by atoms with van der Waals surface area (Å²) in [7, 11) is -2.26. The van der Waals surface area contributed by atoms with E-state index in [0.717, 1.165) is 24.2 Å². The SMILES string of the molecule is COc1cc(C(=O)N[C@@H](Cc2ccccc2)[C@@H](C)C[C@@H](C)C(=O)NC2CC3CCC2C3)cc(S(C)(=O)=O)n1. The molecule has 0 radical (unpaired) electrons. The van der Waals surface area contributed by atoms with E-state index in [1.165, 1.54) is 38.5 Å². The van der Waals surface area contributed by atoms with Crippen LogP contribution in [0.1, 0.15) is 61.9 Å². The summed E-state index contributed by atoms with van der Waals surface area (Å²) in [5.74, 6) is 0.887. The number of nitrogens with zero attached hydrogens (tertiary/aromatic N) is 1. The molecule has 6 atom stereocenters. The van der Waals surface area contributed by atoms with Gasteiger partial charge in [0.05, 0.1) is 7.11 Å². The Morgan fingerprint density at radius 2 is 1.84 bits per heavy atom. The van der Waals surface area contributed by atoms with Crippen LogP contribution in [-0.2, 0) is 21.1 Å². The monoisotopic (exact) mass is 541 g/mol. The zero-order valence-corrected chi connectivity index (χ0v) is 23.5. The minimum atomic E-state index is -3.64. The Labute approximate surface area is 225 Å². The van der Waals surface area contributed by atoms with Crippen LogP contribution >= 0.6 is 0 Å². The quantitative estimate of drug-likeness (QED) is 0.447. The summed E-state index contributed by atoms with van der Waals surface area (Å²) in [6.07, 6.45) is 7.07. The van der Waals surface area contributed by atoms with Gasteiger partial charge in [-0.2, -0.15) is 0 Å². The lowest BCUT2D eigenvalue weighted by atomic mass is 9.86. The van der Waals surface area contributed by atoms with Gasteiger partial charge in [-0.05, 0) is 61.5 Å². The number of pyridine rings is 1. The lowest BCUT2D eigenvalue weighted by molar-refractivity contribution is -0.126. The van der Waals surface area contributed by atoms with Crippen molar-refractivity contribution in [3.8, 4) is 5.88 Å². The molecule has 2 fully saturated rings. The lowest BCUT2D eigenvalue weighted by Crippen LogP contribution is -2.44. The van der Waals surface area contributed by atoms with Crippen molar-refractivity contribution in [2.45, 2.75) is 69.5 Å². The third-order valence-corrected chi connectivity index (χ3v) is 9.14. The highest BCUT2D eigenvalue weighted by Gasteiger charge is 2.40. The molecule has 2 bridgehead atoms. The van der Waals surface area contributed by atoms with Crippen molar-refractivity contribution in [2.24, 2.45) is 23.7 Å². The summed E-state index contributed by atoms with van der Waals surface area (Å²) in [6, 6.07) is 12.6. The second kappa shape index (κ2) is 11.8. The fourth-order valence-electron chi connectivity index (χ4n) is 6.00. The van der Waals surface area contributed by atoms with Crippen molar-refractivity contribution in [2.75, 3.05) is 13.4 Å². The van der Waals surface area contributed by atoms with Gasteiger partial charge in [-0.15, -0.1) is 0 Å². The third-order valence-electron chi connectivity index (χ3n) is 8.17. The smallest absolute Gasteiger partial charge is 0.251 e. The van der Waals surface area contributed by atoms with E-state index in [9.17, 15) is 18.0 Å². The first kappa shape index (κ1) is 28.1. The summed E-state index contributed by atoms with van der Waals surface area (Å²) in [5.41, 5.74) is 1.22.